The van der Waals surface area contributed by atoms with Crippen LogP contribution in [0.15, 0.2) is 16.9 Å². The van der Waals surface area contributed by atoms with Crippen molar-refractivity contribution >= 4 is 28.4 Å². The van der Waals surface area contributed by atoms with Crippen molar-refractivity contribution in [2.45, 2.75) is 34.6 Å². The Labute approximate surface area is 122 Å². The van der Waals surface area contributed by atoms with Crippen LogP contribution >= 0.6 is 0 Å². The molecule has 0 radical (unpaired) electrons. The highest BCUT2D eigenvalue weighted by Crippen LogP contribution is 2.24. The molecule has 0 saturated carbocycles. The predicted octanol–water partition coefficient (Wildman–Crippen LogP) is 2.35. The van der Waals surface area contributed by atoms with Crippen LogP contribution in [-0.2, 0) is 9.59 Å². The van der Waals surface area contributed by atoms with Crippen molar-refractivity contribution in [3.05, 3.63) is 39.2 Å². The largest absolute Gasteiger partial charge is 0.358 e. The summed E-state index contributed by atoms with van der Waals surface area (Å²) in [6.45, 7) is 8.09. The monoisotopic (exact) mass is 286 g/mol. The second-order valence-corrected chi connectivity index (χ2v) is 5.26. The highest BCUT2D eigenvalue weighted by Gasteiger charge is 2.18. The van der Waals surface area contributed by atoms with Crippen LogP contribution < -0.4 is 10.3 Å². The van der Waals surface area contributed by atoms with Gasteiger partial charge in [0.25, 0.3) is 0 Å². The van der Waals surface area contributed by atoms with Gasteiger partial charge < -0.3 is 4.98 Å². The van der Waals surface area contributed by atoms with Gasteiger partial charge in [-0.25, -0.2) is 0 Å². The number of anilines is 1. The number of aromatic nitrogens is 1. The number of fused-ring (bicyclic) bond motifs is 1. The van der Waals surface area contributed by atoms with Crippen LogP contribution in [0.1, 0.15) is 30.7 Å². The van der Waals surface area contributed by atoms with Crippen molar-refractivity contribution in [1.82, 2.24) is 4.98 Å². The van der Waals surface area contributed by atoms with Crippen LogP contribution in [-0.4, -0.2) is 16.8 Å². The molecule has 2 amide bonds. The molecule has 0 bridgehead atoms. The van der Waals surface area contributed by atoms with Crippen LogP contribution in [0.2, 0.25) is 0 Å². The van der Waals surface area contributed by atoms with Gasteiger partial charge in [-0.15, -0.1) is 0 Å². The van der Waals surface area contributed by atoms with Gasteiger partial charge in [-0.3, -0.25) is 19.3 Å². The summed E-state index contributed by atoms with van der Waals surface area (Å²) in [7, 11) is 0. The average molecular weight is 286 g/mol. The van der Waals surface area contributed by atoms with Crippen LogP contribution in [0.5, 0.6) is 0 Å². The Hall–Kier alpha value is -2.43. The molecule has 5 heteroatoms. The Balaban J connectivity index is 2.84. The molecule has 0 spiro atoms. The number of aryl methyl sites for hydroxylation is 2. The molecule has 2 rings (SSSR count). The van der Waals surface area contributed by atoms with Gasteiger partial charge in [0.05, 0.1) is 11.2 Å². The molecule has 5 nitrogen and oxygen atoms in total. The number of nitrogens with zero attached hydrogens (tertiary/aromatic N) is 1. The van der Waals surface area contributed by atoms with Crippen molar-refractivity contribution in [2.75, 3.05) is 4.90 Å². The average Bonchev–Trinajstić information content (AvgIpc) is 2.37. The zero-order valence-corrected chi connectivity index (χ0v) is 12.8. The van der Waals surface area contributed by atoms with E-state index in [-0.39, 0.29) is 17.2 Å². The predicted molar refractivity (Wildman–Crippen MR) is 82.6 cm³/mol. The number of H-pyrrole nitrogens is 1. The van der Waals surface area contributed by atoms with Gasteiger partial charge in [0, 0.05) is 30.5 Å². The summed E-state index contributed by atoms with van der Waals surface area (Å²) in [5.41, 5.74) is 3.34. The fourth-order valence-corrected chi connectivity index (χ4v) is 2.48. The van der Waals surface area contributed by atoms with Crippen molar-refractivity contribution < 1.29 is 9.59 Å². The molecule has 0 aliphatic rings. The number of nitrogens with one attached hydrogen (secondary N) is 1. The number of pyridine rings is 1. The van der Waals surface area contributed by atoms with E-state index in [1.165, 1.54) is 13.8 Å². The fraction of sp³-hybridized carbons (Fsp3) is 0.312. The fourth-order valence-electron chi connectivity index (χ4n) is 2.48. The third kappa shape index (κ3) is 2.46. The van der Waals surface area contributed by atoms with E-state index in [9.17, 15) is 14.4 Å². The lowest BCUT2D eigenvalue weighted by atomic mass is 10.0. The molecule has 2 aromatic rings. The maximum absolute atomic E-state index is 12.4. The number of hydrogen-bond donors (Lipinski definition) is 1. The lowest BCUT2D eigenvalue weighted by molar-refractivity contribution is -0.124. The Morgan fingerprint density at radius 2 is 1.62 bits per heavy atom. The summed E-state index contributed by atoms with van der Waals surface area (Å²) < 4.78 is 0. The van der Waals surface area contributed by atoms with Gasteiger partial charge in [0.15, 0.2) is 5.43 Å². The number of aromatic amines is 1. The Morgan fingerprint density at radius 1 is 1.05 bits per heavy atom. The first-order valence-corrected chi connectivity index (χ1v) is 6.69. The van der Waals surface area contributed by atoms with E-state index in [1.807, 2.05) is 13.8 Å². The summed E-state index contributed by atoms with van der Waals surface area (Å²) in [5, 5.41) is 0.487. The summed E-state index contributed by atoms with van der Waals surface area (Å²) in [4.78, 5) is 40.0. The minimum Gasteiger partial charge on any atom is -0.358 e. The van der Waals surface area contributed by atoms with Crippen LogP contribution in [0.4, 0.5) is 5.69 Å². The zero-order valence-electron chi connectivity index (χ0n) is 12.8. The van der Waals surface area contributed by atoms with Crippen molar-refractivity contribution in [3.63, 3.8) is 0 Å². The first-order chi connectivity index (χ1) is 9.73. The lowest BCUT2D eigenvalue weighted by Gasteiger charge is -2.19. The van der Waals surface area contributed by atoms with Gasteiger partial charge in [-0.2, -0.15) is 0 Å². The standard InChI is InChI=1S/C16H18N2O3/c1-8-6-13(18(11(4)19)12(5)20)7-14-15(8)17-10(3)9(2)16(14)21/h6-7H,1-5H3,(H,17,21). The Kier molecular flexibility index (Phi) is 3.68. The van der Waals surface area contributed by atoms with Crippen molar-refractivity contribution in [1.29, 1.82) is 0 Å². The molecule has 0 saturated heterocycles. The highest BCUT2D eigenvalue weighted by atomic mass is 16.2. The smallest absolute Gasteiger partial charge is 0.230 e. The Morgan fingerprint density at radius 3 is 2.14 bits per heavy atom. The molecule has 1 aromatic carbocycles. The first-order valence-electron chi connectivity index (χ1n) is 6.69. The van der Waals surface area contributed by atoms with Gasteiger partial charge in [0.1, 0.15) is 0 Å². The molecule has 21 heavy (non-hydrogen) atoms. The molecule has 1 heterocycles. The van der Waals surface area contributed by atoms with Gasteiger partial charge in [0.2, 0.25) is 11.8 Å². The van der Waals surface area contributed by atoms with Crippen molar-refractivity contribution in [3.8, 4) is 0 Å². The summed E-state index contributed by atoms with van der Waals surface area (Å²) >= 11 is 0. The van der Waals surface area contributed by atoms with Gasteiger partial charge in [-0.1, -0.05) is 0 Å². The number of amides is 2. The van der Waals surface area contributed by atoms with Crippen LogP contribution in [0, 0.1) is 20.8 Å². The molecule has 0 atom stereocenters. The summed E-state index contributed by atoms with van der Waals surface area (Å²) in [6, 6.07) is 3.33. The van der Waals surface area contributed by atoms with E-state index < -0.39 is 0 Å². The summed E-state index contributed by atoms with van der Waals surface area (Å²) in [5.74, 6) is -0.747. The molecular formula is C16H18N2O3. The number of hydrogen-bond acceptors (Lipinski definition) is 3. The first kappa shape index (κ1) is 15.0. The third-order valence-electron chi connectivity index (χ3n) is 3.67. The molecule has 1 N–H and O–H groups in total. The lowest BCUT2D eigenvalue weighted by Crippen LogP contribution is -2.33. The van der Waals surface area contributed by atoms with E-state index in [0.29, 0.717) is 16.6 Å². The molecule has 0 aliphatic carbocycles. The van der Waals surface area contributed by atoms with Gasteiger partial charge in [-0.05, 0) is 38.5 Å². The number of carbonyl (C=O) groups is 2. The second kappa shape index (κ2) is 5.16. The maximum Gasteiger partial charge on any atom is 0.230 e. The minimum absolute atomic E-state index is 0.0849. The number of benzene rings is 1. The SMILES string of the molecule is CC(=O)N(C(C)=O)c1cc(C)c2[nH]c(C)c(C)c(=O)c2c1. The summed E-state index contributed by atoms with van der Waals surface area (Å²) in [6.07, 6.45) is 0. The van der Waals surface area contributed by atoms with E-state index in [2.05, 4.69) is 4.98 Å². The van der Waals surface area contributed by atoms with Crippen molar-refractivity contribution in [2.24, 2.45) is 0 Å². The molecule has 1 aromatic heterocycles. The number of carbonyl (C=O) groups excluding carboxylic acids is 2. The molecule has 0 aliphatic heterocycles. The molecular weight excluding hydrogens is 268 g/mol. The third-order valence-corrected chi connectivity index (χ3v) is 3.67. The minimum atomic E-state index is -0.374. The topological polar surface area (TPSA) is 70.2 Å². The maximum atomic E-state index is 12.4. The quantitative estimate of drug-likeness (QED) is 0.874. The van der Waals surface area contributed by atoms with Crippen LogP contribution in [0.25, 0.3) is 10.9 Å². The van der Waals surface area contributed by atoms with E-state index >= 15 is 0 Å². The van der Waals surface area contributed by atoms with Crippen LogP contribution in [0.3, 0.4) is 0 Å². The normalized spacial score (nSPS) is 10.7. The molecule has 0 unspecified atom stereocenters. The number of rotatable bonds is 1. The Bertz CT molecular complexity index is 804. The van der Waals surface area contributed by atoms with E-state index in [0.717, 1.165) is 21.7 Å². The molecule has 0 fully saturated rings. The highest BCUT2D eigenvalue weighted by molar-refractivity contribution is 6.14. The van der Waals surface area contributed by atoms with E-state index in [4.69, 9.17) is 0 Å². The zero-order chi connectivity index (χ0) is 15.9. The number of imide groups is 1. The molecule has 110 valence electrons. The van der Waals surface area contributed by atoms with Gasteiger partial charge >= 0.3 is 0 Å². The second-order valence-electron chi connectivity index (χ2n) is 5.26. The van der Waals surface area contributed by atoms with E-state index in [1.54, 1.807) is 19.1 Å².